The number of carbonyl (C=O) groups is 1. The normalized spacial score (nSPS) is 32.0. The van der Waals surface area contributed by atoms with Crippen LogP contribution < -0.4 is 0 Å². The fraction of sp³-hybridized carbons (Fsp3) is 0.591. The van der Waals surface area contributed by atoms with Crippen molar-refractivity contribution in [1.29, 1.82) is 0 Å². The zero-order valence-electron chi connectivity index (χ0n) is 15.8. The molecule has 1 aromatic rings. The molecule has 4 unspecified atom stereocenters. The summed E-state index contributed by atoms with van der Waals surface area (Å²) < 4.78 is 0. The molecule has 3 rings (SSSR count). The second kappa shape index (κ2) is 7.55. The SMILES string of the molecule is C/C(=C/O)C(=O)C1(C)CCC2c3ccccc3CCC2C1C.CC. The van der Waals surface area contributed by atoms with Gasteiger partial charge in [0.2, 0.25) is 0 Å². The third-order valence-corrected chi connectivity index (χ3v) is 6.41. The minimum atomic E-state index is -0.337. The molecule has 2 aliphatic carbocycles. The molecule has 4 atom stereocenters. The fourth-order valence-corrected chi connectivity index (χ4v) is 4.83. The largest absolute Gasteiger partial charge is 0.515 e. The van der Waals surface area contributed by atoms with E-state index < -0.39 is 0 Å². The standard InChI is InChI=1S/C20H26O2.C2H6/c1-13(12-21)19(22)20(3)11-10-18-16(14(20)2)9-8-15-6-4-5-7-17(15)18;1-2/h4-7,12,14,16,18,21H,8-11H2,1-3H3;1-2H3/b13-12-;. The van der Waals surface area contributed by atoms with Crippen LogP contribution in [0.3, 0.4) is 0 Å². The van der Waals surface area contributed by atoms with E-state index in [9.17, 15) is 9.90 Å². The van der Waals surface area contributed by atoms with Gasteiger partial charge in [-0.1, -0.05) is 52.0 Å². The molecule has 0 bridgehead atoms. The summed E-state index contributed by atoms with van der Waals surface area (Å²) in [6.45, 7) is 10.1. The lowest BCUT2D eigenvalue weighted by Gasteiger charge is -2.50. The molecule has 2 nitrogen and oxygen atoms in total. The van der Waals surface area contributed by atoms with Crippen LogP contribution >= 0.6 is 0 Å². The third-order valence-electron chi connectivity index (χ3n) is 6.41. The lowest BCUT2D eigenvalue weighted by molar-refractivity contribution is -0.131. The number of ketones is 1. The van der Waals surface area contributed by atoms with Crippen molar-refractivity contribution in [1.82, 2.24) is 0 Å². The summed E-state index contributed by atoms with van der Waals surface area (Å²) in [6, 6.07) is 8.81. The Morgan fingerprint density at radius 3 is 2.58 bits per heavy atom. The molecule has 1 fully saturated rings. The maximum atomic E-state index is 12.8. The number of Topliss-reactive ketones (excluding diaryl/α,β-unsaturated/α-hetero) is 1. The molecule has 0 saturated heterocycles. The van der Waals surface area contributed by atoms with Crippen LogP contribution in [0.15, 0.2) is 36.1 Å². The fourth-order valence-electron chi connectivity index (χ4n) is 4.83. The van der Waals surface area contributed by atoms with Crippen LogP contribution in [0.4, 0.5) is 0 Å². The number of allylic oxidation sites excluding steroid dienone is 1. The summed E-state index contributed by atoms with van der Waals surface area (Å²) in [5, 5.41) is 9.22. The van der Waals surface area contributed by atoms with Crippen molar-refractivity contribution >= 4 is 5.78 Å². The van der Waals surface area contributed by atoms with E-state index in [-0.39, 0.29) is 11.2 Å². The maximum absolute atomic E-state index is 12.8. The first-order chi connectivity index (χ1) is 11.5. The van der Waals surface area contributed by atoms with Crippen LogP contribution in [0.25, 0.3) is 0 Å². The molecule has 0 aromatic heterocycles. The van der Waals surface area contributed by atoms with Crippen LogP contribution in [0.1, 0.15) is 70.9 Å². The highest BCUT2D eigenvalue weighted by Gasteiger charge is 2.49. The first-order valence-corrected chi connectivity index (χ1v) is 9.42. The second-order valence-corrected chi connectivity index (χ2v) is 7.39. The van der Waals surface area contributed by atoms with Gasteiger partial charge in [0.05, 0.1) is 6.26 Å². The number of hydrogen-bond donors (Lipinski definition) is 1. The molecule has 132 valence electrons. The van der Waals surface area contributed by atoms with E-state index in [0.717, 1.165) is 25.5 Å². The van der Waals surface area contributed by atoms with Gasteiger partial charge in [0, 0.05) is 11.0 Å². The van der Waals surface area contributed by atoms with Gasteiger partial charge >= 0.3 is 0 Å². The van der Waals surface area contributed by atoms with Gasteiger partial charge in [-0.05, 0) is 61.5 Å². The Kier molecular flexibility index (Phi) is 5.90. The zero-order valence-corrected chi connectivity index (χ0v) is 15.8. The molecule has 2 heteroatoms. The molecule has 0 spiro atoms. The third kappa shape index (κ3) is 3.03. The molecule has 1 N–H and O–H groups in total. The van der Waals surface area contributed by atoms with Crippen molar-refractivity contribution < 1.29 is 9.90 Å². The van der Waals surface area contributed by atoms with Gasteiger partial charge in [0.25, 0.3) is 0 Å². The van der Waals surface area contributed by atoms with Crippen LogP contribution in [0.2, 0.25) is 0 Å². The van der Waals surface area contributed by atoms with E-state index in [2.05, 4.69) is 38.1 Å². The van der Waals surface area contributed by atoms with Gasteiger partial charge in [-0.15, -0.1) is 0 Å². The highest BCUT2D eigenvalue weighted by Crippen LogP contribution is 2.55. The van der Waals surface area contributed by atoms with Crippen molar-refractivity contribution in [2.75, 3.05) is 0 Å². The lowest BCUT2D eigenvalue weighted by Crippen LogP contribution is -2.46. The minimum absolute atomic E-state index is 0.125. The van der Waals surface area contributed by atoms with Gasteiger partial charge in [-0.2, -0.15) is 0 Å². The Balaban J connectivity index is 0.00000100. The Bertz CT molecular complexity index is 616. The molecule has 0 aliphatic heterocycles. The number of aryl methyl sites for hydroxylation is 1. The van der Waals surface area contributed by atoms with Crippen LogP contribution in [0, 0.1) is 17.3 Å². The summed E-state index contributed by atoms with van der Waals surface area (Å²) in [6.07, 6.45) is 5.26. The second-order valence-electron chi connectivity index (χ2n) is 7.39. The molecule has 0 heterocycles. The monoisotopic (exact) mass is 328 g/mol. The number of fused-ring (bicyclic) bond motifs is 3. The van der Waals surface area contributed by atoms with Crippen LogP contribution in [-0.2, 0) is 11.2 Å². The Morgan fingerprint density at radius 1 is 1.25 bits per heavy atom. The molecular weight excluding hydrogens is 296 g/mol. The van der Waals surface area contributed by atoms with E-state index in [1.54, 1.807) is 6.92 Å². The average Bonchev–Trinajstić information content (AvgIpc) is 2.64. The highest BCUT2D eigenvalue weighted by molar-refractivity contribution is 5.99. The first-order valence-electron chi connectivity index (χ1n) is 9.42. The summed E-state index contributed by atoms with van der Waals surface area (Å²) in [5.74, 6) is 1.64. The molecule has 1 aromatic carbocycles. The predicted molar refractivity (Wildman–Crippen MR) is 100 cm³/mol. The quantitative estimate of drug-likeness (QED) is 0.548. The highest BCUT2D eigenvalue weighted by atomic mass is 16.2. The first kappa shape index (κ1) is 18.8. The number of aliphatic hydroxyl groups is 1. The van der Waals surface area contributed by atoms with Crippen molar-refractivity contribution in [3.8, 4) is 0 Å². The van der Waals surface area contributed by atoms with Gasteiger partial charge in [-0.3, -0.25) is 4.79 Å². The van der Waals surface area contributed by atoms with Gasteiger partial charge in [-0.25, -0.2) is 0 Å². The van der Waals surface area contributed by atoms with Crippen LogP contribution in [0.5, 0.6) is 0 Å². The van der Waals surface area contributed by atoms with Gasteiger partial charge in [0.1, 0.15) is 0 Å². The van der Waals surface area contributed by atoms with Crippen molar-refractivity contribution in [3.63, 3.8) is 0 Å². The number of hydrogen-bond acceptors (Lipinski definition) is 2. The molecule has 24 heavy (non-hydrogen) atoms. The molecule has 0 amide bonds. The van der Waals surface area contributed by atoms with Crippen molar-refractivity contribution in [2.45, 2.75) is 66.2 Å². The van der Waals surface area contributed by atoms with Gasteiger partial charge in [0.15, 0.2) is 5.78 Å². The predicted octanol–water partition coefficient (Wildman–Crippen LogP) is 5.83. The van der Waals surface area contributed by atoms with E-state index in [1.165, 1.54) is 17.5 Å². The maximum Gasteiger partial charge on any atom is 0.167 e. The summed E-state index contributed by atoms with van der Waals surface area (Å²) in [5.41, 5.74) is 3.16. The lowest BCUT2D eigenvalue weighted by atomic mass is 9.53. The van der Waals surface area contributed by atoms with E-state index >= 15 is 0 Å². The Labute approximate surface area is 147 Å². The van der Waals surface area contributed by atoms with Crippen LogP contribution in [-0.4, -0.2) is 10.9 Å². The van der Waals surface area contributed by atoms with E-state index in [4.69, 9.17) is 0 Å². The average molecular weight is 328 g/mol. The van der Waals surface area contributed by atoms with Gasteiger partial charge < -0.3 is 5.11 Å². The summed E-state index contributed by atoms with van der Waals surface area (Å²) >= 11 is 0. The number of carbonyl (C=O) groups excluding carboxylic acids is 1. The topological polar surface area (TPSA) is 37.3 Å². The molecule has 0 radical (unpaired) electrons. The molecule has 1 saturated carbocycles. The molecule has 2 aliphatic rings. The minimum Gasteiger partial charge on any atom is -0.515 e. The Hall–Kier alpha value is -1.57. The number of rotatable bonds is 2. The van der Waals surface area contributed by atoms with E-state index in [1.807, 2.05) is 13.8 Å². The number of aliphatic hydroxyl groups excluding tert-OH is 1. The number of benzene rings is 1. The summed E-state index contributed by atoms with van der Waals surface area (Å²) in [7, 11) is 0. The Morgan fingerprint density at radius 2 is 1.92 bits per heavy atom. The molecular formula is C22H32O2. The summed E-state index contributed by atoms with van der Waals surface area (Å²) in [4.78, 5) is 12.8. The zero-order chi connectivity index (χ0) is 17.9. The van der Waals surface area contributed by atoms with Crippen molar-refractivity contribution in [3.05, 3.63) is 47.2 Å². The van der Waals surface area contributed by atoms with E-state index in [0.29, 0.717) is 23.3 Å². The van der Waals surface area contributed by atoms with Crippen molar-refractivity contribution in [2.24, 2.45) is 17.3 Å². The smallest absolute Gasteiger partial charge is 0.167 e.